The van der Waals surface area contributed by atoms with Gasteiger partial charge in [0.2, 0.25) is 11.8 Å². The van der Waals surface area contributed by atoms with Gasteiger partial charge in [-0.2, -0.15) is 5.26 Å². The minimum absolute atomic E-state index is 0.0954. The van der Waals surface area contributed by atoms with Gasteiger partial charge in [-0.05, 0) is 11.6 Å². The van der Waals surface area contributed by atoms with Gasteiger partial charge in [-0.1, -0.05) is 17.7 Å². The largest absolute Gasteiger partial charge is 0.424 e. The zero-order valence-corrected chi connectivity index (χ0v) is 13.0. The minimum Gasteiger partial charge on any atom is -0.424 e. The summed E-state index contributed by atoms with van der Waals surface area (Å²) in [6.07, 6.45) is 0. The SMILES string of the molecule is N#CC1=C(N)Oc2[nH]c(=O)[nH]c(=O)c2C1c1ccc(Cl)c([N+](=O)[O-])c1. The summed E-state index contributed by atoms with van der Waals surface area (Å²) in [6.45, 7) is 0. The van der Waals surface area contributed by atoms with Crippen LogP contribution in [-0.2, 0) is 0 Å². The maximum absolute atomic E-state index is 12.2. The number of halogens is 1. The maximum Gasteiger partial charge on any atom is 0.328 e. The lowest BCUT2D eigenvalue weighted by atomic mass is 9.85. The fourth-order valence-corrected chi connectivity index (χ4v) is 2.76. The van der Waals surface area contributed by atoms with Gasteiger partial charge in [0.1, 0.15) is 16.7 Å². The minimum atomic E-state index is -1.06. The van der Waals surface area contributed by atoms with E-state index in [-0.39, 0.29) is 33.5 Å². The molecule has 1 atom stereocenters. The molecule has 0 aliphatic carbocycles. The molecule has 0 radical (unpaired) electrons. The number of benzene rings is 1. The average Bonchev–Trinajstić information content (AvgIpc) is 2.53. The van der Waals surface area contributed by atoms with Crippen LogP contribution in [0.15, 0.2) is 39.2 Å². The highest BCUT2D eigenvalue weighted by Crippen LogP contribution is 2.40. The molecule has 25 heavy (non-hydrogen) atoms. The van der Waals surface area contributed by atoms with Crippen LogP contribution in [0, 0.1) is 21.4 Å². The summed E-state index contributed by atoms with van der Waals surface area (Å²) in [5.41, 5.74) is 3.68. The maximum atomic E-state index is 12.2. The second-order valence-electron chi connectivity index (χ2n) is 5.04. The molecule has 1 aromatic carbocycles. The van der Waals surface area contributed by atoms with Crippen molar-refractivity contribution in [1.82, 2.24) is 9.97 Å². The van der Waals surface area contributed by atoms with Gasteiger partial charge in [0.25, 0.3) is 11.2 Å². The first-order valence-corrected chi connectivity index (χ1v) is 7.09. The lowest BCUT2D eigenvalue weighted by molar-refractivity contribution is -0.384. The summed E-state index contributed by atoms with van der Waals surface area (Å²) in [7, 11) is 0. The van der Waals surface area contributed by atoms with Crippen molar-refractivity contribution in [1.29, 1.82) is 5.26 Å². The van der Waals surface area contributed by atoms with Gasteiger partial charge in [-0.25, -0.2) is 4.79 Å². The number of hydrogen-bond donors (Lipinski definition) is 3. The Bertz CT molecular complexity index is 1090. The van der Waals surface area contributed by atoms with Crippen LogP contribution in [0.1, 0.15) is 17.0 Å². The number of H-pyrrole nitrogens is 2. The Kier molecular flexibility index (Phi) is 3.78. The Morgan fingerprint density at radius 1 is 1.36 bits per heavy atom. The van der Waals surface area contributed by atoms with Gasteiger partial charge in [-0.3, -0.25) is 24.9 Å². The van der Waals surface area contributed by atoms with Gasteiger partial charge in [0, 0.05) is 6.07 Å². The van der Waals surface area contributed by atoms with Gasteiger partial charge in [0.05, 0.1) is 16.4 Å². The molecule has 0 saturated heterocycles. The average molecular weight is 362 g/mol. The van der Waals surface area contributed by atoms with E-state index in [4.69, 9.17) is 22.1 Å². The fourth-order valence-electron chi connectivity index (χ4n) is 2.57. The third-order valence-corrected chi connectivity index (χ3v) is 3.94. The van der Waals surface area contributed by atoms with E-state index in [1.54, 1.807) is 0 Å². The topological polar surface area (TPSA) is 168 Å². The predicted octanol–water partition coefficient (Wildman–Crippen LogP) is 0.843. The van der Waals surface area contributed by atoms with E-state index in [2.05, 4.69) is 4.98 Å². The van der Waals surface area contributed by atoms with Crippen LogP contribution in [0.4, 0.5) is 5.69 Å². The molecular weight excluding hydrogens is 354 g/mol. The van der Waals surface area contributed by atoms with Crippen molar-refractivity contribution in [2.24, 2.45) is 5.73 Å². The van der Waals surface area contributed by atoms with Crippen LogP contribution in [0.2, 0.25) is 5.02 Å². The van der Waals surface area contributed by atoms with E-state index >= 15 is 0 Å². The first-order valence-electron chi connectivity index (χ1n) is 6.71. The number of nitro benzene ring substituents is 1. The Morgan fingerprint density at radius 2 is 2.08 bits per heavy atom. The molecule has 1 unspecified atom stereocenters. The van der Waals surface area contributed by atoms with Crippen LogP contribution < -0.4 is 21.7 Å². The number of allylic oxidation sites excluding steroid dienone is 1. The van der Waals surface area contributed by atoms with Crippen molar-refractivity contribution < 1.29 is 9.66 Å². The molecule has 2 aromatic rings. The molecule has 11 heteroatoms. The van der Waals surface area contributed by atoms with E-state index in [1.807, 2.05) is 11.1 Å². The van der Waals surface area contributed by atoms with Gasteiger partial charge >= 0.3 is 5.69 Å². The Hall–Kier alpha value is -3.58. The number of rotatable bonds is 2. The summed E-state index contributed by atoms with van der Waals surface area (Å²) in [5, 5.41) is 20.4. The zero-order chi connectivity index (χ0) is 18.3. The standard InChI is InChI=1S/C14H8ClN5O5/c15-7-2-1-5(3-8(7)20(23)24)9-6(4-16)11(17)25-13-10(9)12(21)18-14(22)19-13/h1-3,9H,17H2,(H2,18,19,21,22). The summed E-state index contributed by atoms with van der Waals surface area (Å²) in [6, 6.07) is 5.66. The number of aromatic amines is 2. The Morgan fingerprint density at radius 3 is 2.72 bits per heavy atom. The number of nitriles is 1. The molecule has 1 aliphatic rings. The van der Waals surface area contributed by atoms with Crippen LogP contribution in [-0.4, -0.2) is 14.9 Å². The molecule has 10 nitrogen and oxygen atoms in total. The van der Waals surface area contributed by atoms with Crippen LogP contribution in [0.25, 0.3) is 0 Å². The van der Waals surface area contributed by atoms with E-state index in [0.29, 0.717) is 0 Å². The molecule has 3 rings (SSSR count). The number of nitrogens with two attached hydrogens (primary N) is 1. The third-order valence-electron chi connectivity index (χ3n) is 3.62. The molecule has 0 amide bonds. The summed E-state index contributed by atoms with van der Waals surface area (Å²) in [5.74, 6) is -1.61. The van der Waals surface area contributed by atoms with Crippen LogP contribution >= 0.6 is 11.6 Å². The number of hydrogen-bond acceptors (Lipinski definition) is 7. The lowest BCUT2D eigenvalue weighted by Crippen LogP contribution is -2.33. The van der Waals surface area contributed by atoms with Crippen molar-refractivity contribution in [3.8, 4) is 11.9 Å². The fraction of sp³-hybridized carbons (Fsp3) is 0.0714. The monoisotopic (exact) mass is 361 g/mol. The van der Waals surface area contributed by atoms with Crippen LogP contribution in [0.5, 0.6) is 5.88 Å². The molecule has 1 aromatic heterocycles. The zero-order valence-electron chi connectivity index (χ0n) is 12.2. The van der Waals surface area contributed by atoms with E-state index in [9.17, 15) is 25.0 Å². The molecule has 2 heterocycles. The van der Waals surface area contributed by atoms with Crippen molar-refractivity contribution in [2.45, 2.75) is 5.92 Å². The lowest BCUT2D eigenvalue weighted by Gasteiger charge is -2.24. The van der Waals surface area contributed by atoms with Crippen molar-refractivity contribution >= 4 is 17.3 Å². The van der Waals surface area contributed by atoms with Crippen molar-refractivity contribution in [2.75, 3.05) is 0 Å². The summed E-state index contributed by atoms with van der Waals surface area (Å²) >= 11 is 5.80. The number of aromatic nitrogens is 2. The number of nitrogens with zero attached hydrogens (tertiary/aromatic N) is 2. The quantitative estimate of drug-likeness (QED) is 0.525. The Balaban J connectivity index is 2.34. The highest BCUT2D eigenvalue weighted by molar-refractivity contribution is 6.32. The van der Waals surface area contributed by atoms with E-state index in [0.717, 1.165) is 6.07 Å². The molecule has 4 N–H and O–H groups in total. The van der Waals surface area contributed by atoms with Crippen molar-refractivity contribution in [3.05, 3.63) is 76.8 Å². The molecule has 0 bridgehead atoms. The molecule has 1 aliphatic heterocycles. The number of nitrogens with one attached hydrogen (secondary N) is 2. The smallest absolute Gasteiger partial charge is 0.328 e. The number of fused-ring (bicyclic) bond motifs is 1. The third kappa shape index (κ3) is 2.62. The normalized spacial score (nSPS) is 15.9. The van der Waals surface area contributed by atoms with E-state index < -0.39 is 27.8 Å². The van der Waals surface area contributed by atoms with Gasteiger partial charge in [0.15, 0.2) is 0 Å². The first kappa shape index (κ1) is 16.3. The number of nitro groups is 1. The second-order valence-corrected chi connectivity index (χ2v) is 5.45. The predicted molar refractivity (Wildman–Crippen MR) is 85.1 cm³/mol. The van der Waals surface area contributed by atoms with Crippen molar-refractivity contribution in [3.63, 3.8) is 0 Å². The first-order chi connectivity index (χ1) is 11.8. The van der Waals surface area contributed by atoms with Gasteiger partial charge < -0.3 is 10.5 Å². The molecule has 0 spiro atoms. The Labute approximate surface area is 143 Å². The molecular formula is C14H8ClN5O5. The highest BCUT2D eigenvalue weighted by atomic mass is 35.5. The highest BCUT2D eigenvalue weighted by Gasteiger charge is 2.35. The summed E-state index contributed by atoms with van der Waals surface area (Å²) in [4.78, 5) is 38.4. The second kappa shape index (κ2) is 5.81. The summed E-state index contributed by atoms with van der Waals surface area (Å²) < 4.78 is 5.15. The molecule has 0 saturated carbocycles. The van der Waals surface area contributed by atoms with Gasteiger partial charge in [-0.15, -0.1) is 0 Å². The van der Waals surface area contributed by atoms with Crippen LogP contribution in [0.3, 0.4) is 0 Å². The number of ether oxygens (including phenoxy) is 1. The van der Waals surface area contributed by atoms with E-state index in [1.165, 1.54) is 12.1 Å². The molecule has 126 valence electrons. The molecule has 0 fully saturated rings.